The highest BCUT2D eigenvalue weighted by atomic mass is 32.2. The number of hydrogen-bond donors (Lipinski definition) is 2. The number of amides is 1. The van der Waals surface area contributed by atoms with E-state index >= 15 is 0 Å². The third-order valence-corrected chi connectivity index (χ3v) is 3.87. The Morgan fingerprint density at radius 3 is 2.74 bits per heavy atom. The molecule has 19 heavy (non-hydrogen) atoms. The molecule has 0 radical (unpaired) electrons. The molecule has 1 amide bonds. The Labute approximate surface area is 115 Å². The smallest absolute Gasteiger partial charge is 0.251 e. The number of nitrogens with one attached hydrogen (secondary N) is 1. The zero-order chi connectivity index (χ0) is 14.0. The highest BCUT2D eigenvalue weighted by Crippen LogP contribution is 2.31. The molecule has 1 aromatic carbocycles. The summed E-state index contributed by atoms with van der Waals surface area (Å²) in [5.74, 6) is 0.680. The minimum atomic E-state index is -0.143. The van der Waals surface area contributed by atoms with Gasteiger partial charge < -0.3 is 15.6 Å². The third kappa shape index (κ3) is 2.70. The van der Waals surface area contributed by atoms with E-state index in [0.29, 0.717) is 11.3 Å². The lowest BCUT2D eigenvalue weighted by Crippen LogP contribution is -2.17. The molecule has 0 aliphatic heterocycles. The first-order valence-electron chi connectivity index (χ1n) is 5.68. The molecule has 7 heteroatoms. The van der Waals surface area contributed by atoms with Crippen LogP contribution < -0.4 is 11.1 Å². The SMILES string of the molecule is CNC(=O)c1ccc(N)c(Sc2nnc(C)n2C)c1. The molecule has 1 heterocycles. The number of hydrogen-bond acceptors (Lipinski definition) is 5. The zero-order valence-corrected chi connectivity index (χ0v) is 11.8. The van der Waals surface area contributed by atoms with Crippen molar-refractivity contribution >= 4 is 23.4 Å². The predicted octanol–water partition coefficient (Wildman–Crippen LogP) is 1.22. The summed E-state index contributed by atoms with van der Waals surface area (Å²) in [5, 5.41) is 11.4. The van der Waals surface area contributed by atoms with Crippen LogP contribution in [0.1, 0.15) is 16.2 Å². The topological polar surface area (TPSA) is 85.8 Å². The van der Waals surface area contributed by atoms with Gasteiger partial charge >= 0.3 is 0 Å². The number of carbonyl (C=O) groups is 1. The molecule has 0 saturated heterocycles. The van der Waals surface area contributed by atoms with Crippen molar-refractivity contribution in [2.24, 2.45) is 7.05 Å². The molecule has 100 valence electrons. The van der Waals surface area contributed by atoms with Crippen LogP contribution in [0.2, 0.25) is 0 Å². The second-order valence-corrected chi connectivity index (χ2v) is 5.03. The van der Waals surface area contributed by atoms with Gasteiger partial charge in [0.05, 0.1) is 0 Å². The lowest BCUT2D eigenvalue weighted by Gasteiger charge is -2.07. The van der Waals surface area contributed by atoms with Crippen LogP contribution in [-0.4, -0.2) is 27.7 Å². The maximum Gasteiger partial charge on any atom is 0.251 e. The molecular weight excluding hydrogens is 262 g/mol. The number of benzene rings is 1. The van der Waals surface area contributed by atoms with Crippen molar-refractivity contribution in [1.29, 1.82) is 0 Å². The fourth-order valence-corrected chi connectivity index (χ4v) is 2.40. The van der Waals surface area contributed by atoms with Gasteiger partial charge in [-0.25, -0.2) is 0 Å². The molecule has 0 unspecified atom stereocenters. The van der Waals surface area contributed by atoms with E-state index in [4.69, 9.17) is 5.73 Å². The van der Waals surface area contributed by atoms with E-state index in [-0.39, 0.29) is 5.91 Å². The summed E-state index contributed by atoms with van der Waals surface area (Å²) in [6.45, 7) is 1.88. The highest BCUT2D eigenvalue weighted by Gasteiger charge is 2.12. The van der Waals surface area contributed by atoms with Crippen molar-refractivity contribution in [2.75, 3.05) is 12.8 Å². The van der Waals surface area contributed by atoms with Gasteiger partial charge in [-0.2, -0.15) is 0 Å². The second kappa shape index (κ2) is 5.31. The van der Waals surface area contributed by atoms with E-state index in [0.717, 1.165) is 15.9 Å². The molecule has 3 N–H and O–H groups in total. The van der Waals surface area contributed by atoms with Crippen molar-refractivity contribution in [3.05, 3.63) is 29.6 Å². The van der Waals surface area contributed by atoms with E-state index in [1.54, 1.807) is 25.2 Å². The summed E-state index contributed by atoms with van der Waals surface area (Å²) in [6, 6.07) is 5.17. The number of anilines is 1. The van der Waals surface area contributed by atoms with Crippen LogP contribution in [0.15, 0.2) is 28.3 Å². The van der Waals surface area contributed by atoms with Gasteiger partial charge in [0.15, 0.2) is 5.16 Å². The minimum absolute atomic E-state index is 0.143. The van der Waals surface area contributed by atoms with E-state index in [9.17, 15) is 4.79 Å². The van der Waals surface area contributed by atoms with E-state index < -0.39 is 0 Å². The van der Waals surface area contributed by atoms with Gasteiger partial charge in [-0.1, -0.05) is 0 Å². The number of nitrogen functional groups attached to an aromatic ring is 1. The predicted molar refractivity (Wildman–Crippen MR) is 74.1 cm³/mol. The minimum Gasteiger partial charge on any atom is -0.398 e. The van der Waals surface area contributed by atoms with Crippen molar-refractivity contribution in [3.8, 4) is 0 Å². The number of nitrogens with zero attached hydrogens (tertiary/aromatic N) is 3. The summed E-state index contributed by atoms with van der Waals surface area (Å²) in [5.41, 5.74) is 7.10. The maximum absolute atomic E-state index is 11.6. The van der Waals surface area contributed by atoms with Crippen LogP contribution in [0.25, 0.3) is 0 Å². The van der Waals surface area contributed by atoms with Crippen molar-refractivity contribution in [2.45, 2.75) is 17.0 Å². The first-order chi connectivity index (χ1) is 9.02. The average molecular weight is 277 g/mol. The Balaban J connectivity index is 2.34. The highest BCUT2D eigenvalue weighted by molar-refractivity contribution is 7.99. The quantitative estimate of drug-likeness (QED) is 0.824. The summed E-state index contributed by atoms with van der Waals surface area (Å²) in [4.78, 5) is 12.4. The van der Waals surface area contributed by atoms with E-state index in [1.165, 1.54) is 11.8 Å². The van der Waals surface area contributed by atoms with Crippen LogP contribution >= 0.6 is 11.8 Å². The van der Waals surface area contributed by atoms with E-state index in [1.807, 2.05) is 18.5 Å². The number of aryl methyl sites for hydroxylation is 1. The third-order valence-electron chi connectivity index (χ3n) is 2.76. The number of nitrogens with two attached hydrogens (primary N) is 1. The molecule has 0 aliphatic carbocycles. The normalized spacial score (nSPS) is 10.5. The van der Waals surface area contributed by atoms with Gasteiger partial charge in [-0.3, -0.25) is 4.79 Å². The zero-order valence-electron chi connectivity index (χ0n) is 11.0. The molecule has 0 fully saturated rings. The Morgan fingerprint density at radius 1 is 1.42 bits per heavy atom. The first-order valence-corrected chi connectivity index (χ1v) is 6.50. The van der Waals surface area contributed by atoms with Gasteiger partial charge in [0, 0.05) is 30.2 Å². The maximum atomic E-state index is 11.6. The Hall–Kier alpha value is -2.02. The number of carbonyl (C=O) groups excluding carboxylic acids is 1. The van der Waals surface area contributed by atoms with Crippen LogP contribution in [0.3, 0.4) is 0 Å². The van der Waals surface area contributed by atoms with Gasteiger partial charge in [0.25, 0.3) is 5.91 Å². The molecule has 0 bridgehead atoms. The lowest BCUT2D eigenvalue weighted by atomic mass is 10.2. The standard InChI is InChI=1S/C12H15N5OS/c1-7-15-16-12(17(7)3)19-10-6-8(11(18)14-2)4-5-9(10)13/h4-6H,13H2,1-3H3,(H,14,18). The van der Waals surface area contributed by atoms with Gasteiger partial charge in [0.2, 0.25) is 0 Å². The number of rotatable bonds is 3. The summed E-state index contributed by atoms with van der Waals surface area (Å²) < 4.78 is 1.87. The second-order valence-electron chi connectivity index (χ2n) is 4.02. The van der Waals surface area contributed by atoms with E-state index in [2.05, 4.69) is 15.5 Å². The molecule has 0 saturated carbocycles. The molecule has 0 spiro atoms. The molecule has 6 nitrogen and oxygen atoms in total. The molecular formula is C12H15N5OS. The van der Waals surface area contributed by atoms with Crippen LogP contribution in [0.5, 0.6) is 0 Å². The summed E-state index contributed by atoms with van der Waals surface area (Å²) >= 11 is 1.39. The van der Waals surface area contributed by atoms with Crippen molar-refractivity contribution < 1.29 is 4.79 Å². The largest absolute Gasteiger partial charge is 0.398 e. The van der Waals surface area contributed by atoms with Crippen molar-refractivity contribution in [1.82, 2.24) is 20.1 Å². The number of aromatic nitrogens is 3. The van der Waals surface area contributed by atoms with Crippen LogP contribution in [-0.2, 0) is 7.05 Å². The molecule has 1 aromatic heterocycles. The van der Waals surface area contributed by atoms with Crippen LogP contribution in [0.4, 0.5) is 5.69 Å². The molecule has 2 aromatic rings. The summed E-state index contributed by atoms with van der Waals surface area (Å²) in [6.07, 6.45) is 0. The van der Waals surface area contributed by atoms with Crippen molar-refractivity contribution in [3.63, 3.8) is 0 Å². The van der Waals surface area contributed by atoms with Gasteiger partial charge in [-0.15, -0.1) is 10.2 Å². The fraction of sp³-hybridized carbons (Fsp3) is 0.250. The van der Waals surface area contributed by atoms with Gasteiger partial charge in [-0.05, 0) is 36.9 Å². The first kappa shape index (κ1) is 13.4. The monoisotopic (exact) mass is 277 g/mol. The fourth-order valence-electron chi connectivity index (χ4n) is 1.48. The molecule has 0 atom stereocenters. The Morgan fingerprint density at radius 2 is 2.16 bits per heavy atom. The molecule has 0 aliphatic rings. The summed E-state index contributed by atoms with van der Waals surface area (Å²) in [7, 11) is 3.48. The average Bonchev–Trinajstić information content (AvgIpc) is 2.72. The Bertz CT molecular complexity index is 623. The van der Waals surface area contributed by atoms with Gasteiger partial charge in [0.1, 0.15) is 5.82 Å². The Kier molecular flexibility index (Phi) is 3.75. The molecule has 2 rings (SSSR count). The lowest BCUT2D eigenvalue weighted by molar-refractivity contribution is 0.0963. The van der Waals surface area contributed by atoms with Crippen LogP contribution in [0, 0.1) is 6.92 Å².